The molecule has 0 radical (unpaired) electrons. The summed E-state index contributed by atoms with van der Waals surface area (Å²) >= 11 is 0. The van der Waals surface area contributed by atoms with Crippen molar-refractivity contribution in [3.05, 3.63) is 0 Å². The van der Waals surface area contributed by atoms with Gasteiger partial charge in [0.05, 0.1) is 13.0 Å². The molecule has 1 saturated heterocycles. The molecule has 0 atom stereocenters. The van der Waals surface area contributed by atoms with Crippen LogP contribution in [0.2, 0.25) is 0 Å². The number of hydrogen-bond acceptors (Lipinski definition) is 3. The molecule has 0 aromatic rings. The van der Waals surface area contributed by atoms with E-state index in [9.17, 15) is 4.79 Å². The molecule has 0 unspecified atom stereocenters. The fourth-order valence-corrected chi connectivity index (χ4v) is 6.45. The summed E-state index contributed by atoms with van der Waals surface area (Å²) in [7, 11) is 1.52. The number of methoxy groups -OCH3 is 1. The number of esters is 1. The second kappa shape index (κ2) is 5.26. The molecule has 118 valence electrons. The highest BCUT2D eigenvalue weighted by atomic mass is 16.5. The zero-order chi connectivity index (χ0) is 14.4. The van der Waals surface area contributed by atoms with E-state index in [1.807, 2.05) is 0 Å². The van der Waals surface area contributed by atoms with Crippen molar-refractivity contribution in [3.8, 4) is 0 Å². The fraction of sp³-hybridized carbons (Fsp3) is 0.944. The molecular formula is C18H29NO2. The number of ether oxygens (including phenoxy) is 1. The average molecular weight is 291 g/mol. The van der Waals surface area contributed by atoms with Crippen LogP contribution in [-0.4, -0.2) is 37.6 Å². The number of carbonyl (C=O) groups is 1. The second-order valence-electron chi connectivity index (χ2n) is 8.49. The maximum Gasteiger partial charge on any atom is 0.308 e. The van der Waals surface area contributed by atoms with Crippen LogP contribution < -0.4 is 0 Å². The molecule has 0 N–H and O–H groups in total. The van der Waals surface area contributed by atoms with Crippen LogP contribution in [0.15, 0.2) is 0 Å². The van der Waals surface area contributed by atoms with E-state index in [4.69, 9.17) is 4.74 Å². The zero-order valence-corrected chi connectivity index (χ0v) is 13.4. The Morgan fingerprint density at radius 3 is 2.05 bits per heavy atom. The fourth-order valence-electron chi connectivity index (χ4n) is 6.45. The summed E-state index contributed by atoms with van der Waals surface area (Å²) in [6.45, 7) is 3.51. The Hall–Kier alpha value is -0.570. The molecule has 4 saturated carbocycles. The van der Waals surface area contributed by atoms with Gasteiger partial charge in [-0.05, 0) is 87.6 Å². The molecule has 0 spiro atoms. The van der Waals surface area contributed by atoms with Crippen LogP contribution in [0, 0.1) is 29.1 Å². The van der Waals surface area contributed by atoms with Gasteiger partial charge in [-0.1, -0.05) is 0 Å². The van der Waals surface area contributed by atoms with E-state index in [1.165, 1.54) is 52.2 Å². The minimum atomic E-state index is 0.00412. The van der Waals surface area contributed by atoms with Crippen LogP contribution in [0.5, 0.6) is 0 Å². The first-order chi connectivity index (χ1) is 10.2. The lowest BCUT2D eigenvalue weighted by Gasteiger charge is -2.58. The molecule has 0 amide bonds. The Kier molecular flexibility index (Phi) is 3.52. The summed E-state index contributed by atoms with van der Waals surface area (Å²) in [6, 6.07) is 0. The monoisotopic (exact) mass is 291 g/mol. The topological polar surface area (TPSA) is 29.5 Å². The Balaban J connectivity index is 1.36. The first-order valence-electron chi connectivity index (χ1n) is 8.96. The molecule has 1 heterocycles. The third-order valence-corrected chi connectivity index (χ3v) is 6.85. The molecule has 3 nitrogen and oxygen atoms in total. The van der Waals surface area contributed by atoms with Gasteiger partial charge in [-0.2, -0.15) is 0 Å². The van der Waals surface area contributed by atoms with Gasteiger partial charge in [0.1, 0.15) is 0 Å². The molecule has 4 aliphatic carbocycles. The summed E-state index contributed by atoms with van der Waals surface area (Å²) in [5.41, 5.74) is 0.646. The van der Waals surface area contributed by atoms with Crippen LogP contribution in [0.4, 0.5) is 0 Å². The standard InChI is InChI=1S/C18H29NO2/c1-21-17(20)16-2-4-19(5-3-16)12-18-9-13-6-14(10-18)8-15(7-13)11-18/h13-16H,2-12H2,1H3. The normalized spacial score (nSPS) is 43.2. The maximum atomic E-state index is 11.6. The lowest BCUT2D eigenvalue weighted by atomic mass is 9.49. The highest BCUT2D eigenvalue weighted by Crippen LogP contribution is 2.60. The Labute approximate surface area is 128 Å². The van der Waals surface area contributed by atoms with Gasteiger partial charge in [-0.15, -0.1) is 0 Å². The van der Waals surface area contributed by atoms with E-state index >= 15 is 0 Å². The van der Waals surface area contributed by atoms with Gasteiger partial charge in [0.2, 0.25) is 0 Å². The molecule has 1 aliphatic heterocycles. The predicted molar refractivity (Wildman–Crippen MR) is 81.8 cm³/mol. The number of piperidine rings is 1. The Morgan fingerprint density at radius 1 is 1.05 bits per heavy atom. The Morgan fingerprint density at radius 2 is 1.57 bits per heavy atom. The molecule has 21 heavy (non-hydrogen) atoms. The summed E-state index contributed by atoms with van der Waals surface area (Å²) in [6.07, 6.45) is 11.1. The molecule has 0 aromatic heterocycles. The SMILES string of the molecule is COC(=O)C1CCN(CC23CC4CC(CC(C4)C2)C3)CC1. The molecular weight excluding hydrogens is 262 g/mol. The third kappa shape index (κ3) is 2.62. The van der Waals surface area contributed by atoms with Gasteiger partial charge in [0.25, 0.3) is 0 Å². The highest BCUT2D eigenvalue weighted by molar-refractivity contribution is 5.72. The minimum absolute atomic E-state index is 0.00412. The van der Waals surface area contributed by atoms with Crippen molar-refractivity contribution in [1.29, 1.82) is 0 Å². The number of rotatable bonds is 3. The molecule has 5 fully saturated rings. The van der Waals surface area contributed by atoms with Crippen LogP contribution in [0.25, 0.3) is 0 Å². The van der Waals surface area contributed by atoms with Crippen molar-refractivity contribution < 1.29 is 9.53 Å². The summed E-state index contributed by atoms with van der Waals surface area (Å²) < 4.78 is 4.90. The highest BCUT2D eigenvalue weighted by Gasteiger charge is 2.51. The summed E-state index contributed by atoms with van der Waals surface area (Å²) in [4.78, 5) is 14.3. The average Bonchev–Trinajstić information content (AvgIpc) is 2.45. The van der Waals surface area contributed by atoms with Gasteiger partial charge >= 0.3 is 5.97 Å². The minimum Gasteiger partial charge on any atom is -0.469 e. The van der Waals surface area contributed by atoms with Crippen molar-refractivity contribution in [3.63, 3.8) is 0 Å². The Bertz CT molecular complexity index is 376. The van der Waals surface area contributed by atoms with E-state index in [0.29, 0.717) is 5.41 Å². The van der Waals surface area contributed by atoms with Crippen molar-refractivity contribution >= 4 is 5.97 Å². The zero-order valence-electron chi connectivity index (χ0n) is 13.4. The van der Waals surface area contributed by atoms with E-state index in [0.717, 1.165) is 43.7 Å². The van der Waals surface area contributed by atoms with Gasteiger partial charge < -0.3 is 9.64 Å². The number of likely N-dealkylation sites (tertiary alicyclic amines) is 1. The van der Waals surface area contributed by atoms with E-state index < -0.39 is 0 Å². The molecule has 5 aliphatic rings. The molecule has 5 rings (SSSR count). The van der Waals surface area contributed by atoms with Crippen LogP contribution in [0.3, 0.4) is 0 Å². The summed E-state index contributed by atoms with van der Waals surface area (Å²) in [5, 5.41) is 0. The smallest absolute Gasteiger partial charge is 0.308 e. The quantitative estimate of drug-likeness (QED) is 0.748. The second-order valence-corrected chi connectivity index (χ2v) is 8.49. The first kappa shape index (κ1) is 14.0. The largest absolute Gasteiger partial charge is 0.469 e. The summed E-state index contributed by atoms with van der Waals surface area (Å²) in [5.74, 6) is 3.30. The van der Waals surface area contributed by atoms with Crippen LogP contribution in [0.1, 0.15) is 51.4 Å². The number of nitrogens with zero attached hydrogens (tertiary/aromatic N) is 1. The van der Waals surface area contributed by atoms with Gasteiger partial charge in [-0.3, -0.25) is 4.79 Å². The van der Waals surface area contributed by atoms with E-state index in [-0.39, 0.29) is 11.9 Å². The third-order valence-electron chi connectivity index (χ3n) is 6.85. The van der Waals surface area contributed by atoms with E-state index in [2.05, 4.69) is 4.90 Å². The van der Waals surface area contributed by atoms with Crippen molar-refractivity contribution in [1.82, 2.24) is 4.90 Å². The van der Waals surface area contributed by atoms with Gasteiger partial charge in [-0.25, -0.2) is 0 Å². The molecule has 0 aromatic carbocycles. The van der Waals surface area contributed by atoms with Crippen molar-refractivity contribution in [2.45, 2.75) is 51.4 Å². The van der Waals surface area contributed by atoms with E-state index in [1.54, 1.807) is 0 Å². The van der Waals surface area contributed by atoms with Crippen molar-refractivity contribution in [2.24, 2.45) is 29.1 Å². The molecule has 3 heteroatoms. The van der Waals surface area contributed by atoms with Crippen LogP contribution >= 0.6 is 0 Å². The number of hydrogen-bond donors (Lipinski definition) is 0. The lowest BCUT2D eigenvalue weighted by molar-refractivity contribution is -0.147. The number of carbonyl (C=O) groups excluding carboxylic acids is 1. The molecule has 4 bridgehead atoms. The lowest BCUT2D eigenvalue weighted by Crippen LogP contribution is -2.52. The van der Waals surface area contributed by atoms with Crippen LogP contribution in [-0.2, 0) is 9.53 Å². The van der Waals surface area contributed by atoms with Crippen molar-refractivity contribution in [2.75, 3.05) is 26.7 Å². The van der Waals surface area contributed by atoms with Gasteiger partial charge in [0.15, 0.2) is 0 Å². The maximum absolute atomic E-state index is 11.6. The first-order valence-corrected chi connectivity index (χ1v) is 8.96. The van der Waals surface area contributed by atoms with Gasteiger partial charge in [0, 0.05) is 6.54 Å². The predicted octanol–water partition coefficient (Wildman–Crippen LogP) is 3.09.